The van der Waals surface area contributed by atoms with E-state index in [4.69, 9.17) is 13.9 Å². The third-order valence-corrected chi connectivity index (χ3v) is 5.71. The van der Waals surface area contributed by atoms with Crippen molar-refractivity contribution in [3.8, 4) is 17.6 Å². The van der Waals surface area contributed by atoms with Crippen molar-refractivity contribution in [2.24, 2.45) is 0 Å². The number of fused-ring (bicyclic) bond motifs is 1. The van der Waals surface area contributed by atoms with Crippen molar-refractivity contribution < 1.29 is 28.6 Å². The first kappa shape index (κ1) is 22.6. The van der Waals surface area contributed by atoms with Crippen molar-refractivity contribution >= 4 is 17.5 Å². The Kier molecular flexibility index (Phi) is 5.94. The molecule has 1 aromatic carbocycles. The number of rotatable bonds is 4. The highest BCUT2D eigenvalue weighted by Gasteiger charge is 2.34. The summed E-state index contributed by atoms with van der Waals surface area (Å²) in [4.78, 5) is 35.7. The number of likely N-dealkylation sites (N-methyl/N-ethyl adjacent to an activating group) is 1. The van der Waals surface area contributed by atoms with E-state index >= 15 is 0 Å². The molecule has 2 amide bonds. The van der Waals surface area contributed by atoms with E-state index in [0.29, 0.717) is 23.4 Å². The van der Waals surface area contributed by atoms with Crippen molar-refractivity contribution in [3.63, 3.8) is 0 Å². The maximum absolute atomic E-state index is 13.1. The first-order chi connectivity index (χ1) is 16.9. The molecule has 3 aromatic rings. The zero-order valence-corrected chi connectivity index (χ0v) is 18.9. The minimum Gasteiger partial charge on any atom is -0.489 e. The monoisotopic (exact) mass is 474 g/mol. The van der Waals surface area contributed by atoms with Crippen LogP contribution in [0.3, 0.4) is 0 Å². The number of benzene rings is 1. The molecular weight excluding hydrogens is 452 g/mol. The summed E-state index contributed by atoms with van der Waals surface area (Å²) in [5, 5.41) is 12.8. The number of hydrogen-bond acceptors (Lipinski definition) is 8. The van der Waals surface area contributed by atoms with E-state index in [1.54, 1.807) is 37.4 Å². The van der Waals surface area contributed by atoms with Gasteiger partial charge in [-0.2, -0.15) is 0 Å². The van der Waals surface area contributed by atoms with Crippen LogP contribution in [0.1, 0.15) is 27.3 Å². The van der Waals surface area contributed by atoms with Gasteiger partial charge in [0.2, 0.25) is 0 Å². The fraction of sp³-hybridized carbons (Fsp3) is 0.280. The lowest BCUT2D eigenvalue weighted by molar-refractivity contribution is -0.140. The number of aromatic nitrogens is 2. The van der Waals surface area contributed by atoms with Gasteiger partial charge in [-0.3, -0.25) is 14.6 Å². The first-order valence-corrected chi connectivity index (χ1v) is 10.9. The van der Waals surface area contributed by atoms with Crippen molar-refractivity contribution in [2.45, 2.75) is 18.1 Å². The van der Waals surface area contributed by atoms with Gasteiger partial charge >= 0.3 is 0 Å². The van der Waals surface area contributed by atoms with E-state index in [1.807, 2.05) is 0 Å². The van der Waals surface area contributed by atoms with E-state index < -0.39 is 17.6 Å². The minimum atomic E-state index is -1.14. The summed E-state index contributed by atoms with van der Waals surface area (Å²) in [6.45, 7) is 0.306. The topological polar surface area (TPSA) is 127 Å². The van der Waals surface area contributed by atoms with Crippen LogP contribution in [0.25, 0.3) is 0 Å². The zero-order valence-electron chi connectivity index (χ0n) is 18.9. The quantitative estimate of drug-likeness (QED) is 0.535. The van der Waals surface area contributed by atoms with E-state index in [1.165, 1.54) is 23.8 Å². The molecule has 178 valence electrons. The number of nitrogens with one attached hydrogen (secondary N) is 1. The average molecular weight is 474 g/mol. The van der Waals surface area contributed by atoms with Gasteiger partial charge in [0.25, 0.3) is 11.8 Å². The second-order valence-electron chi connectivity index (χ2n) is 8.40. The molecule has 0 unspecified atom stereocenters. The highest BCUT2D eigenvalue weighted by atomic mass is 16.5. The largest absolute Gasteiger partial charge is 0.489 e. The lowest BCUT2D eigenvalue weighted by atomic mass is 10.0. The fourth-order valence-corrected chi connectivity index (χ4v) is 3.71. The third kappa shape index (κ3) is 4.87. The van der Waals surface area contributed by atoms with E-state index in [-0.39, 0.29) is 31.4 Å². The Morgan fingerprint density at radius 3 is 2.89 bits per heavy atom. The SMILES string of the molecule is CN1C(=O)[C@@H](NC(=O)c2cc(Cc3cocn3)ccn2)COc2ccc(C#CC3(O)COC3)cc21. The molecule has 1 fully saturated rings. The van der Waals surface area contributed by atoms with E-state index in [0.717, 1.165) is 11.3 Å². The molecule has 4 heterocycles. The van der Waals surface area contributed by atoms with Gasteiger partial charge in [-0.25, -0.2) is 4.98 Å². The fourth-order valence-electron chi connectivity index (χ4n) is 3.71. The lowest BCUT2D eigenvalue weighted by Gasteiger charge is -2.30. The molecule has 2 aromatic heterocycles. The maximum atomic E-state index is 13.1. The van der Waals surface area contributed by atoms with E-state index in [9.17, 15) is 14.7 Å². The molecule has 2 aliphatic heterocycles. The highest BCUT2D eigenvalue weighted by Crippen LogP contribution is 2.31. The van der Waals surface area contributed by atoms with Gasteiger partial charge in [0.1, 0.15) is 30.4 Å². The van der Waals surface area contributed by atoms with Crippen molar-refractivity contribution in [2.75, 3.05) is 31.8 Å². The third-order valence-electron chi connectivity index (χ3n) is 5.71. The summed E-state index contributed by atoms with van der Waals surface area (Å²) in [5.41, 5.74) is 1.73. The van der Waals surface area contributed by atoms with Crippen LogP contribution in [0.15, 0.2) is 53.6 Å². The molecule has 0 saturated carbocycles. The minimum absolute atomic E-state index is 0.0390. The van der Waals surface area contributed by atoms with Crippen LogP contribution in [-0.4, -0.2) is 65.4 Å². The van der Waals surface area contributed by atoms with Gasteiger partial charge in [0.05, 0.1) is 24.6 Å². The van der Waals surface area contributed by atoms with Crippen molar-refractivity contribution in [1.82, 2.24) is 15.3 Å². The number of carbonyl (C=O) groups is 2. The molecule has 0 spiro atoms. The van der Waals surface area contributed by atoms with Crippen LogP contribution in [0.5, 0.6) is 5.75 Å². The number of carbonyl (C=O) groups excluding carboxylic acids is 2. The summed E-state index contributed by atoms with van der Waals surface area (Å²) in [7, 11) is 1.61. The van der Waals surface area contributed by atoms with Crippen LogP contribution in [0, 0.1) is 11.8 Å². The molecule has 10 nitrogen and oxygen atoms in total. The number of nitrogens with zero attached hydrogens (tertiary/aromatic N) is 3. The van der Waals surface area contributed by atoms with Crippen LogP contribution in [0.2, 0.25) is 0 Å². The molecular formula is C25H22N4O6. The number of oxazole rings is 1. The summed E-state index contributed by atoms with van der Waals surface area (Å²) in [6.07, 6.45) is 4.90. The normalized spacial score (nSPS) is 18.3. The summed E-state index contributed by atoms with van der Waals surface area (Å²) in [6, 6.07) is 7.69. The Morgan fingerprint density at radius 2 is 2.14 bits per heavy atom. The van der Waals surface area contributed by atoms with Crippen LogP contribution in [0.4, 0.5) is 5.69 Å². The van der Waals surface area contributed by atoms with Gasteiger partial charge < -0.3 is 29.2 Å². The molecule has 1 saturated heterocycles. The van der Waals surface area contributed by atoms with Gasteiger partial charge in [-0.1, -0.05) is 11.8 Å². The second kappa shape index (κ2) is 9.21. The molecule has 0 aliphatic carbocycles. The van der Waals surface area contributed by atoms with Gasteiger partial charge in [-0.05, 0) is 35.9 Å². The molecule has 2 N–H and O–H groups in total. The molecule has 1 atom stereocenters. The Labute approximate surface area is 200 Å². The number of aliphatic hydroxyl groups is 1. The summed E-state index contributed by atoms with van der Waals surface area (Å²) >= 11 is 0. The number of ether oxygens (including phenoxy) is 2. The van der Waals surface area contributed by atoms with Crippen molar-refractivity contribution in [1.29, 1.82) is 0 Å². The Hall–Kier alpha value is -4.20. The lowest BCUT2D eigenvalue weighted by Crippen LogP contribution is -2.49. The number of pyridine rings is 1. The van der Waals surface area contributed by atoms with Crippen LogP contribution < -0.4 is 15.0 Å². The molecule has 10 heteroatoms. The van der Waals surface area contributed by atoms with Crippen LogP contribution in [-0.2, 0) is 16.0 Å². The number of anilines is 1. The molecule has 35 heavy (non-hydrogen) atoms. The second-order valence-corrected chi connectivity index (χ2v) is 8.40. The molecule has 0 radical (unpaired) electrons. The van der Waals surface area contributed by atoms with Gasteiger partial charge in [0.15, 0.2) is 12.0 Å². The Morgan fingerprint density at radius 1 is 1.29 bits per heavy atom. The first-order valence-electron chi connectivity index (χ1n) is 10.9. The average Bonchev–Trinajstić information content (AvgIpc) is 3.32. The smallest absolute Gasteiger partial charge is 0.270 e. The highest BCUT2D eigenvalue weighted by molar-refractivity contribution is 6.03. The molecule has 2 aliphatic rings. The van der Waals surface area contributed by atoms with Gasteiger partial charge in [0, 0.05) is 25.2 Å². The number of amides is 2. The predicted molar refractivity (Wildman–Crippen MR) is 123 cm³/mol. The molecule has 0 bridgehead atoms. The predicted octanol–water partition coefficient (Wildman–Crippen LogP) is 0.927. The standard InChI is InChI=1S/C25H22N4O6/c1-29-21-10-16(4-6-25(32)13-34-14-25)2-3-22(21)35-12-20(24(29)31)28-23(30)19-9-17(5-7-26-19)8-18-11-33-15-27-18/h2-3,5,7,9-11,15,20,32H,8,12-14H2,1H3,(H,28,30)/t20-/m0/s1. The van der Waals surface area contributed by atoms with Gasteiger partial charge in [-0.15, -0.1) is 0 Å². The Balaban J connectivity index is 1.29. The summed E-state index contributed by atoms with van der Waals surface area (Å²) < 4.78 is 15.8. The summed E-state index contributed by atoms with van der Waals surface area (Å²) in [5.74, 6) is 5.37. The van der Waals surface area contributed by atoms with Crippen molar-refractivity contribution in [3.05, 3.63) is 71.7 Å². The van der Waals surface area contributed by atoms with Crippen LogP contribution >= 0.6 is 0 Å². The Bertz CT molecular complexity index is 1320. The molecule has 5 rings (SSSR count). The van der Waals surface area contributed by atoms with E-state index in [2.05, 4.69) is 27.1 Å². The maximum Gasteiger partial charge on any atom is 0.270 e. The number of hydrogen-bond donors (Lipinski definition) is 2. The zero-order chi connectivity index (χ0) is 24.4.